The van der Waals surface area contributed by atoms with Crippen LogP contribution < -0.4 is 10.0 Å². The molecule has 0 unspecified atom stereocenters. The molecule has 0 spiro atoms. The highest BCUT2D eigenvalue weighted by molar-refractivity contribution is 7.89. The molecule has 1 heterocycles. The van der Waals surface area contributed by atoms with Crippen LogP contribution in [0.2, 0.25) is 5.02 Å². The van der Waals surface area contributed by atoms with Crippen LogP contribution in [-0.4, -0.2) is 40.4 Å². The number of ether oxygens (including phenoxy) is 1. The largest absolute Gasteiger partial charge is 0.372 e. The minimum absolute atomic E-state index is 0.00765. The van der Waals surface area contributed by atoms with Gasteiger partial charge < -0.3 is 10.1 Å². The lowest BCUT2D eigenvalue weighted by atomic mass is 9.92. The average molecular weight is 387 g/mol. The Labute approximate surface area is 143 Å². The molecule has 2 N–H and O–H groups in total. The molecule has 1 saturated heterocycles. The maximum Gasteiger partial charge on any atom is 0.350 e. The lowest BCUT2D eigenvalue weighted by Crippen LogP contribution is -2.33. The summed E-state index contributed by atoms with van der Waals surface area (Å²) in [5.41, 5.74) is 0.572. The van der Waals surface area contributed by atoms with Crippen LogP contribution in [0.5, 0.6) is 0 Å². The van der Waals surface area contributed by atoms with E-state index in [1.54, 1.807) is 6.07 Å². The van der Waals surface area contributed by atoms with Gasteiger partial charge in [0.1, 0.15) is 5.82 Å². The third kappa shape index (κ3) is 5.06. The molecule has 2 rings (SSSR count). The monoisotopic (exact) mass is 386 g/mol. The van der Waals surface area contributed by atoms with Gasteiger partial charge in [0.2, 0.25) is 0 Å². The second-order valence-corrected chi connectivity index (χ2v) is 7.56. The van der Waals surface area contributed by atoms with Gasteiger partial charge in [0, 0.05) is 25.6 Å². The Bertz CT molecular complexity index is 661. The van der Waals surface area contributed by atoms with Gasteiger partial charge in [0.05, 0.1) is 17.7 Å². The van der Waals surface area contributed by atoms with Crippen LogP contribution >= 0.6 is 11.6 Å². The number of benzene rings is 1. The smallest absolute Gasteiger partial charge is 0.350 e. The fourth-order valence-electron chi connectivity index (χ4n) is 2.55. The molecule has 1 aliphatic rings. The molecule has 10 heteroatoms. The number of rotatable bonds is 6. The molecule has 1 aromatic carbocycles. The molecule has 0 aliphatic carbocycles. The zero-order valence-electron chi connectivity index (χ0n) is 12.6. The van der Waals surface area contributed by atoms with Crippen molar-refractivity contribution in [3.63, 3.8) is 0 Å². The van der Waals surface area contributed by atoms with Gasteiger partial charge in [-0.25, -0.2) is 17.5 Å². The van der Waals surface area contributed by atoms with Crippen molar-refractivity contribution in [1.82, 2.24) is 10.0 Å². The molecule has 0 bridgehead atoms. The van der Waals surface area contributed by atoms with E-state index >= 15 is 0 Å². The molecule has 0 amide bonds. The Hall–Kier alpha value is -0.870. The fourth-order valence-corrected chi connectivity index (χ4v) is 3.20. The summed E-state index contributed by atoms with van der Waals surface area (Å²) in [5.74, 6) is -4.26. The van der Waals surface area contributed by atoms with Gasteiger partial charge in [-0.05, 0) is 24.1 Å². The van der Waals surface area contributed by atoms with E-state index < -0.39 is 27.7 Å². The molecule has 0 saturated carbocycles. The standard InChI is InChI=1S/C14H18ClF3N2O3S/c15-11-2-1-9(7-12(11)16)13-10(8-19-5-6-23-13)3-4-20-24(21,22)14(17)18/h1-2,7,10,13-14,19-20H,3-6,8H2/t10-,13+/m1/s1. The molecule has 136 valence electrons. The van der Waals surface area contributed by atoms with E-state index in [0.717, 1.165) is 0 Å². The van der Waals surface area contributed by atoms with E-state index in [2.05, 4.69) is 5.32 Å². The number of halogens is 4. The molecule has 1 aliphatic heterocycles. The Morgan fingerprint density at radius 2 is 2.17 bits per heavy atom. The molecule has 24 heavy (non-hydrogen) atoms. The van der Waals surface area contributed by atoms with E-state index in [9.17, 15) is 21.6 Å². The highest BCUT2D eigenvalue weighted by Crippen LogP contribution is 2.31. The molecule has 1 fully saturated rings. The van der Waals surface area contributed by atoms with Crippen LogP contribution in [0.15, 0.2) is 18.2 Å². The van der Waals surface area contributed by atoms with Gasteiger partial charge in [0.25, 0.3) is 10.0 Å². The van der Waals surface area contributed by atoms with Crippen molar-refractivity contribution < 1.29 is 26.3 Å². The predicted molar refractivity (Wildman–Crippen MR) is 84.0 cm³/mol. The Balaban J connectivity index is 2.08. The Morgan fingerprint density at radius 1 is 1.42 bits per heavy atom. The topological polar surface area (TPSA) is 67.4 Å². The maximum atomic E-state index is 13.7. The molecule has 2 atom stereocenters. The first kappa shape index (κ1) is 19.5. The van der Waals surface area contributed by atoms with E-state index in [-0.39, 0.29) is 23.9 Å². The Morgan fingerprint density at radius 3 is 2.83 bits per heavy atom. The number of alkyl halides is 2. The van der Waals surface area contributed by atoms with E-state index in [0.29, 0.717) is 25.3 Å². The summed E-state index contributed by atoms with van der Waals surface area (Å²) < 4.78 is 68.1. The highest BCUT2D eigenvalue weighted by Gasteiger charge is 2.28. The first-order valence-electron chi connectivity index (χ1n) is 7.35. The first-order valence-corrected chi connectivity index (χ1v) is 9.27. The third-order valence-corrected chi connectivity index (χ3v) is 5.12. The van der Waals surface area contributed by atoms with Crippen LogP contribution in [0.4, 0.5) is 13.2 Å². The quantitative estimate of drug-likeness (QED) is 0.787. The summed E-state index contributed by atoms with van der Waals surface area (Å²) in [6, 6.07) is 4.33. The minimum atomic E-state index is -4.62. The molecular formula is C14H18ClF3N2O3S. The minimum Gasteiger partial charge on any atom is -0.372 e. The SMILES string of the molecule is O=S(=O)(NCC[C@@H]1CNCCO[C@H]1c1ccc(Cl)c(F)c1)C(F)F. The number of hydrogen-bond acceptors (Lipinski definition) is 4. The third-order valence-electron chi connectivity index (χ3n) is 3.74. The van der Waals surface area contributed by atoms with Crippen molar-refractivity contribution in [2.75, 3.05) is 26.2 Å². The zero-order chi connectivity index (χ0) is 17.7. The summed E-state index contributed by atoms with van der Waals surface area (Å²) in [5, 5.41) is 3.12. The van der Waals surface area contributed by atoms with E-state index in [4.69, 9.17) is 16.3 Å². The summed E-state index contributed by atoms with van der Waals surface area (Å²) in [7, 11) is -4.62. The number of hydrogen-bond donors (Lipinski definition) is 2. The van der Waals surface area contributed by atoms with Crippen LogP contribution in [0.3, 0.4) is 0 Å². The zero-order valence-corrected chi connectivity index (χ0v) is 14.2. The van der Waals surface area contributed by atoms with Crippen molar-refractivity contribution in [1.29, 1.82) is 0 Å². The van der Waals surface area contributed by atoms with Crippen LogP contribution in [0.1, 0.15) is 18.1 Å². The van der Waals surface area contributed by atoms with Crippen LogP contribution in [-0.2, 0) is 14.8 Å². The van der Waals surface area contributed by atoms with E-state index in [1.807, 2.05) is 4.72 Å². The second kappa shape index (κ2) is 8.48. The molecule has 0 aromatic heterocycles. The van der Waals surface area contributed by atoms with Gasteiger partial charge in [-0.2, -0.15) is 8.78 Å². The lowest BCUT2D eigenvalue weighted by Gasteiger charge is -2.25. The van der Waals surface area contributed by atoms with Crippen molar-refractivity contribution in [3.05, 3.63) is 34.6 Å². The summed E-state index contributed by atoms with van der Waals surface area (Å²) in [6.45, 7) is 1.32. The maximum absolute atomic E-state index is 13.7. The van der Waals surface area contributed by atoms with Crippen LogP contribution in [0, 0.1) is 11.7 Å². The van der Waals surface area contributed by atoms with Gasteiger partial charge in [-0.3, -0.25) is 0 Å². The normalized spacial score (nSPS) is 22.5. The Kier molecular flexibility index (Phi) is 6.88. The van der Waals surface area contributed by atoms with E-state index in [1.165, 1.54) is 12.1 Å². The fraction of sp³-hybridized carbons (Fsp3) is 0.571. The summed E-state index contributed by atoms with van der Waals surface area (Å²) in [4.78, 5) is 0. The summed E-state index contributed by atoms with van der Waals surface area (Å²) in [6.07, 6.45) is -0.226. The predicted octanol–water partition coefficient (Wildman–Crippen LogP) is 2.29. The van der Waals surface area contributed by atoms with Crippen molar-refractivity contribution in [2.24, 2.45) is 5.92 Å². The number of nitrogens with one attached hydrogen (secondary N) is 2. The van der Waals surface area contributed by atoms with Crippen molar-refractivity contribution in [2.45, 2.75) is 18.3 Å². The molecular weight excluding hydrogens is 369 g/mol. The van der Waals surface area contributed by atoms with Crippen molar-refractivity contribution in [3.8, 4) is 0 Å². The lowest BCUT2D eigenvalue weighted by molar-refractivity contribution is 0.0283. The summed E-state index contributed by atoms with van der Waals surface area (Å²) >= 11 is 5.68. The van der Waals surface area contributed by atoms with Gasteiger partial charge >= 0.3 is 5.76 Å². The average Bonchev–Trinajstić information content (AvgIpc) is 2.75. The van der Waals surface area contributed by atoms with Gasteiger partial charge in [-0.1, -0.05) is 17.7 Å². The molecule has 1 aromatic rings. The first-order chi connectivity index (χ1) is 11.3. The number of sulfonamides is 1. The highest BCUT2D eigenvalue weighted by atomic mass is 35.5. The van der Waals surface area contributed by atoms with Gasteiger partial charge in [-0.15, -0.1) is 0 Å². The van der Waals surface area contributed by atoms with Crippen molar-refractivity contribution >= 4 is 21.6 Å². The molecule has 0 radical (unpaired) electrons. The van der Waals surface area contributed by atoms with Gasteiger partial charge in [0.15, 0.2) is 0 Å². The van der Waals surface area contributed by atoms with Crippen LogP contribution in [0.25, 0.3) is 0 Å². The second-order valence-electron chi connectivity index (χ2n) is 5.42. The molecule has 5 nitrogen and oxygen atoms in total.